The molecular weight excluding hydrogens is 352 g/mol. The van der Waals surface area contributed by atoms with Gasteiger partial charge in [-0.3, -0.25) is 10.1 Å². The number of carbonyl (C=O) groups is 1. The molecule has 5 heteroatoms. The molecule has 4 rings (SSSR count). The van der Waals surface area contributed by atoms with Crippen LogP contribution in [0.4, 0.5) is 5.13 Å². The van der Waals surface area contributed by atoms with Crippen LogP contribution in [0.3, 0.4) is 0 Å². The molecule has 3 nitrogen and oxygen atoms in total. The first kappa shape index (κ1) is 16.3. The number of nitrogens with zero attached hydrogens (tertiary/aromatic N) is 1. The minimum Gasteiger partial charge on any atom is -0.298 e. The van der Waals surface area contributed by atoms with Gasteiger partial charge in [0.2, 0.25) is 0 Å². The zero-order valence-corrected chi connectivity index (χ0v) is 15.2. The van der Waals surface area contributed by atoms with Crippen molar-refractivity contribution in [2.45, 2.75) is 25.7 Å². The molecule has 1 aliphatic carbocycles. The van der Waals surface area contributed by atoms with E-state index in [2.05, 4.69) is 16.4 Å². The average molecular weight is 369 g/mol. The number of thiazole rings is 1. The van der Waals surface area contributed by atoms with Gasteiger partial charge in [0.15, 0.2) is 5.13 Å². The number of benzene rings is 2. The fourth-order valence-electron chi connectivity index (χ4n) is 3.13. The van der Waals surface area contributed by atoms with E-state index in [1.807, 2.05) is 41.8 Å². The second-order valence-electron chi connectivity index (χ2n) is 6.19. The first-order valence-corrected chi connectivity index (χ1v) is 9.59. The average Bonchev–Trinajstić information content (AvgIpc) is 3.10. The van der Waals surface area contributed by atoms with Gasteiger partial charge in [-0.2, -0.15) is 0 Å². The molecule has 1 heterocycles. The summed E-state index contributed by atoms with van der Waals surface area (Å²) in [4.78, 5) is 17.0. The van der Waals surface area contributed by atoms with E-state index in [0.717, 1.165) is 24.1 Å². The lowest BCUT2D eigenvalue weighted by molar-refractivity contribution is 0.102. The Labute approximate surface area is 155 Å². The molecule has 0 bridgehead atoms. The van der Waals surface area contributed by atoms with Crippen LogP contribution >= 0.6 is 22.9 Å². The van der Waals surface area contributed by atoms with Crippen molar-refractivity contribution in [3.8, 4) is 11.3 Å². The highest BCUT2D eigenvalue weighted by molar-refractivity contribution is 7.14. The third-order valence-electron chi connectivity index (χ3n) is 4.48. The first-order chi connectivity index (χ1) is 12.2. The lowest BCUT2D eigenvalue weighted by Crippen LogP contribution is -2.13. The van der Waals surface area contributed by atoms with Gasteiger partial charge < -0.3 is 0 Å². The molecule has 1 aromatic heterocycles. The van der Waals surface area contributed by atoms with E-state index in [1.54, 1.807) is 0 Å². The fraction of sp³-hybridized carbons (Fsp3) is 0.200. The van der Waals surface area contributed by atoms with Crippen LogP contribution in [0.25, 0.3) is 11.3 Å². The molecule has 126 valence electrons. The van der Waals surface area contributed by atoms with E-state index >= 15 is 0 Å². The summed E-state index contributed by atoms with van der Waals surface area (Å²) >= 11 is 7.34. The highest BCUT2D eigenvalue weighted by Gasteiger charge is 2.14. The summed E-state index contributed by atoms with van der Waals surface area (Å²) in [6.45, 7) is 0. The van der Waals surface area contributed by atoms with Crippen molar-refractivity contribution in [3.05, 3.63) is 69.6 Å². The Morgan fingerprint density at radius 3 is 2.60 bits per heavy atom. The molecule has 2 aromatic carbocycles. The Bertz CT molecular complexity index is 918. The first-order valence-electron chi connectivity index (χ1n) is 8.34. The van der Waals surface area contributed by atoms with Crippen LogP contribution in [-0.2, 0) is 12.8 Å². The number of aryl methyl sites for hydroxylation is 2. The Balaban J connectivity index is 1.50. The largest absolute Gasteiger partial charge is 0.298 e. The lowest BCUT2D eigenvalue weighted by Gasteiger charge is -2.16. The van der Waals surface area contributed by atoms with Crippen LogP contribution in [0.2, 0.25) is 5.02 Å². The SMILES string of the molecule is O=C(Nc1nc(-c2ccc(Cl)cc2)cs1)c1ccc2c(c1)CCCC2. The topological polar surface area (TPSA) is 42.0 Å². The number of carbonyl (C=O) groups excluding carboxylic acids is 1. The third-order valence-corrected chi connectivity index (χ3v) is 5.49. The number of nitrogens with one attached hydrogen (secondary N) is 1. The molecule has 1 amide bonds. The highest BCUT2D eigenvalue weighted by Crippen LogP contribution is 2.27. The molecule has 0 aliphatic heterocycles. The number of amides is 1. The maximum Gasteiger partial charge on any atom is 0.257 e. The second-order valence-corrected chi connectivity index (χ2v) is 7.48. The van der Waals surface area contributed by atoms with Gasteiger partial charge in [0.05, 0.1) is 5.69 Å². The Hall–Kier alpha value is -2.17. The zero-order chi connectivity index (χ0) is 17.2. The number of halogens is 1. The van der Waals surface area contributed by atoms with Gasteiger partial charge in [-0.1, -0.05) is 29.8 Å². The Morgan fingerprint density at radius 2 is 1.80 bits per heavy atom. The van der Waals surface area contributed by atoms with Crippen LogP contribution in [0.15, 0.2) is 47.8 Å². The van der Waals surface area contributed by atoms with Crippen molar-refractivity contribution < 1.29 is 4.79 Å². The number of anilines is 1. The van der Waals surface area contributed by atoms with Crippen molar-refractivity contribution in [1.29, 1.82) is 0 Å². The minimum absolute atomic E-state index is 0.106. The Kier molecular flexibility index (Phi) is 4.55. The molecular formula is C20H17ClN2OS. The third kappa shape index (κ3) is 3.60. The summed E-state index contributed by atoms with van der Waals surface area (Å²) < 4.78 is 0. The van der Waals surface area contributed by atoms with Gasteiger partial charge in [0.1, 0.15) is 0 Å². The van der Waals surface area contributed by atoms with Gasteiger partial charge >= 0.3 is 0 Å². The predicted octanol–water partition coefficient (Wildman–Crippen LogP) is 5.59. The number of rotatable bonds is 3. The lowest BCUT2D eigenvalue weighted by atomic mass is 9.90. The number of hydrogen-bond acceptors (Lipinski definition) is 3. The Morgan fingerprint density at radius 1 is 1.04 bits per heavy atom. The summed E-state index contributed by atoms with van der Waals surface area (Å²) in [6, 6.07) is 13.5. The fourth-order valence-corrected chi connectivity index (χ4v) is 3.97. The molecule has 0 atom stereocenters. The van der Waals surface area contributed by atoms with Crippen LogP contribution < -0.4 is 5.32 Å². The van der Waals surface area contributed by atoms with Crippen LogP contribution in [0.1, 0.15) is 34.3 Å². The molecule has 1 N–H and O–H groups in total. The van der Waals surface area contributed by atoms with Gasteiger partial charge in [0.25, 0.3) is 5.91 Å². The minimum atomic E-state index is -0.106. The molecule has 0 spiro atoms. The molecule has 0 unspecified atom stereocenters. The monoisotopic (exact) mass is 368 g/mol. The van der Waals surface area contributed by atoms with Crippen molar-refractivity contribution >= 4 is 34.0 Å². The van der Waals surface area contributed by atoms with E-state index in [9.17, 15) is 4.79 Å². The maximum atomic E-state index is 12.5. The van der Waals surface area contributed by atoms with Gasteiger partial charge in [-0.05, 0) is 61.1 Å². The van der Waals surface area contributed by atoms with Crippen LogP contribution in [-0.4, -0.2) is 10.9 Å². The molecule has 25 heavy (non-hydrogen) atoms. The molecule has 0 fully saturated rings. The van der Waals surface area contributed by atoms with Gasteiger partial charge in [-0.25, -0.2) is 4.98 Å². The van der Waals surface area contributed by atoms with E-state index in [1.165, 1.54) is 35.3 Å². The normalized spacial score (nSPS) is 13.3. The molecule has 0 saturated heterocycles. The molecule has 1 aliphatic rings. The van der Waals surface area contributed by atoms with E-state index in [0.29, 0.717) is 15.7 Å². The van der Waals surface area contributed by atoms with Crippen LogP contribution in [0, 0.1) is 0 Å². The molecule has 3 aromatic rings. The van der Waals surface area contributed by atoms with Crippen LogP contribution in [0.5, 0.6) is 0 Å². The number of aromatic nitrogens is 1. The number of hydrogen-bond donors (Lipinski definition) is 1. The highest BCUT2D eigenvalue weighted by atomic mass is 35.5. The standard InChI is InChI=1S/C20H17ClN2OS/c21-17-9-7-14(8-10-17)18-12-25-20(22-18)23-19(24)16-6-5-13-3-1-2-4-15(13)11-16/h5-12H,1-4H2,(H,22,23,24). The smallest absolute Gasteiger partial charge is 0.257 e. The predicted molar refractivity (Wildman–Crippen MR) is 104 cm³/mol. The molecule has 0 saturated carbocycles. The summed E-state index contributed by atoms with van der Waals surface area (Å²) in [6.07, 6.45) is 4.63. The summed E-state index contributed by atoms with van der Waals surface area (Å²) in [7, 11) is 0. The van der Waals surface area contributed by atoms with Crippen molar-refractivity contribution in [3.63, 3.8) is 0 Å². The van der Waals surface area contributed by atoms with E-state index in [-0.39, 0.29) is 5.91 Å². The molecule has 0 radical (unpaired) electrons. The summed E-state index contributed by atoms with van der Waals surface area (Å²) in [5.74, 6) is -0.106. The second kappa shape index (κ2) is 6.98. The summed E-state index contributed by atoms with van der Waals surface area (Å²) in [5, 5.41) is 6.14. The van der Waals surface area contributed by atoms with Crippen molar-refractivity contribution in [2.24, 2.45) is 0 Å². The van der Waals surface area contributed by atoms with Gasteiger partial charge in [-0.15, -0.1) is 11.3 Å². The quantitative estimate of drug-likeness (QED) is 0.654. The van der Waals surface area contributed by atoms with E-state index < -0.39 is 0 Å². The maximum absolute atomic E-state index is 12.5. The summed E-state index contributed by atoms with van der Waals surface area (Å²) in [5.41, 5.74) is 5.20. The van der Waals surface area contributed by atoms with Gasteiger partial charge in [0, 0.05) is 21.5 Å². The van der Waals surface area contributed by atoms with Crippen molar-refractivity contribution in [1.82, 2.24) is 4.98 Å². The van der Waals surface area contributed by atoms with E-state index in [4.69, 9.17) is 11.6 Å². The van der Waals surface area contributed by atoms with Crippen molar-refractivity contribution in [2.75, 3.05) is 5.32 Å². The zero-order valence-electron chi connectivity index (χ0n) is 13.6. The number of fused-ring (bicyclic) bond motifs is 1.